The van der Waals surface area contributed by atoms with E-state index in [9.17, 15) is 4.79 Å². The van der Waals surface area contributed by atoms with E-state index in [1.807, 2.05) is 47.7 Å². The zero-order valence-electron chi connectivity index (χ0n) is 18.9. The van der Waals surface area contributed by atoms with E-state index < -0.39 is 0 Å². The molecule has 1 unspecified atom stereocenters. The van der Waals surface area contributed by atoms with Gasteiger partial charge < -0.3 is 14.2 Å². The highest BCUT2D eigenvalue weighted by atomic mass is 32.2. The van der Waals surface area contributed by atoms with Crippen molar-refractivity contribution in [2.75, 3.05) is 20.2 Å². The molecule has 1 atom stereocenters. The lowest BCUT2D eigenvalue weighted by atomic mass is 9.90. The molecule has 32 heavy (non-hydrogen) atoms. The van der Waals surface area contributed by atoms with Crippen molar-refractivity contribution in [2.45, 2.75) is 36.6 Å². The van der Waals surface area contributed by atoms with Gasteiger partial charge in [-0.2, -0.15) is 0 Å². The zero-order valence-corrected chi connectivity index (χ0v) is 19.7. The number of hydrogen-bond acceptors (Lipinski definition) is 5. The topological polar surface area (TPSA) is 60.3 Å². The smallest absolute Gasteiger partial charge is 0.235 e. The van der Waals surface area contributed by atoms with Gasteiger partial charge in [0.2, 0.25) is 5.91 Å². The van der Waals surface area contributed by atoms with Crippen LogP contribution in [0.4, 0.5) is 0 Å². The van der Waals surface area contributed by atoms with Crippen molar-refractivity contribution in [3.8, 4) is 17.1 Å². The summed E-state index contributed by atoms with van der Waals surface area (Å²) >= 11 is 1.47. The average Bonchev–Trinajstić information content (AvgIpc) is 3.19. The van der Waals surface area contributed by atoms with E-state index in [1.165, 1.54) is 17.3 Å². The van der Waals surface area contributed by atoms with Gasteiger partial charge in [0.15, 0.2) is 11.0 Å². The summed E-state index contributed by atoms with van der Waals surface area (Å²) in [6.07, 6.45) is 3.21. The number of piperidine rings is 1. The molecule has 0 radical (unpaired) electrons. The second kappa shape index (κ2) is 10.2. The van der Waals surface area contributed by atoms with Crippen molar-refractivity contribution >= 4 is 17.7 Å². The van der Waals surface area contributed by atoms with Crippen LogP contribution in [-0.4, -0.2) is 51.0 Å². The molecule has 1 aliphatic heterocycles. The van der Waals surface area contributed by atoms with Crippen molar-refractivity contribution in [2.24, 2.45) is 13.0 Å². The van der Waals surface area contributed by atoms with E-state index in [0.717, 1.165) is 54.6 Å². The molecule has 0 N–H and O–H groups in total. The van der Waals surface area contributed by atoms with Crippen LogP contribution in [0, 0.1) is 5.92 Å². The molecule has 1 amide bonds. The van der Waals surface area contributed by atoms with Gasteiger partial charge in [0.25, 0.3) is 0 Å². The van der Waals surface area contributed by atoms with Crippen molar-refractivity contribution in [3.63, 3.8) is 0 Å². The number of methoxy groups -OCH3 is 1. The van der Waals surface area contributed by atoms with Gasteiger partial charge >= 0.3 is 0 Å². The first kappa shape index (κ1) is 22.4. The summed E-state index contributed by atoms with van der Waals surface area (Å²) in [4.78, 5) is 15.1. The number of hydrogen-bond donors (Lipinski definition) is 0. The number of ether oxygens (including phenoxy) is 1. The number of amides is 1. The van der Waals surface area contributed by atoms with Gasteiger partial charge in [-0.1, -0.05) is 54.2 Å². The highest BCUT2D eigenvalue weighted by molar-refractivity contribution is 8.00. The molecule has 1 fully saturated rings. The lowest BCUT2D eigenvalue weighted by Gasteiger charge is -2.33. The van der Waals surface area contributed by atoms with Gasteiger partial charge in [0.05, 0.1) is 12.4 Å². The Morgan fingerprint density at radius 1 is 1.12 bits per heavy atom. The number of nitrogens with zero attached hydrogens (tertiary/aromatic N) is 4. The molecule has 7 heteroatoms. The van der Waals surface area contributed by atoms with Gasteiger partial charge in [0.1, 0.15) is 5.75 Å². The van der Waals surface area contributed by atoms with Crippen LogP contribution in [-0.2, 0) is 18.3 Å². The van der Waals surface area contributed by atoms with Crippen LogP contribution in [0.3, 0.4) is 0 Å². The molecule has 0 saturated carbocycles. The number of rotatable bonds is 7. The molecule has 3 aromatic rings. The van der Waals surface area contributed by atoms with Crippen molar-refractivity contribution in [3.05, 3.63) is 60.2 Å². The molecule has 0 aliphatic carbocycles. The summed E-state index contributed by atoms with van der Waals surface area (Å²) in [5.74, 6) is 2.36. The first-order valence-electron chi connectivity index (χ1n) is 11.1. The Balaban J connectivity index is 1.34. The van der Waals surface area contributed by atoms with Crippen molar-refractivity contribution in [1.29, 1.82) is 0 Å². The number of thioether (sulfide) groups is 1. The van der Waals surface area contributed by atoms with E-state index in [-0.39, 0.29) is 11.2 Å². The molecular formula is C25H30N4O2S. The third-order valence-electron chi connectivity index (χ3n) is 6.09. The molecule has 1 aliphatic rings. The third-order valence-corrected chi connectivity index (χ3v) is 7.21. The summed E-state index contributed by atoms with van der Waals surface area (Å²) in [7, 11) is 3.58. The Hall–Kier alpha value is -2.80. The minimum Gasteiger partial charge on any atom is -0.497 e. The summed E-state index contributed by atoms with van der Waals surface area (Å²) in [6.45, 7) is 3.62. The van der Waals surface area contributed by atoms with Crippen LogP contribution in [0.5, 0.6) is 5.75 Å². The van der Waals surface area contributed by atoms with Crippen LogP contribution in [0.15, 0.2) is 59.8 Å². The zero-order chi connectivity index (χ0) is 22.5. The number of likely N-dealkylation sites (tertiary alicyclic amines) is 1. The van der Waals surface area contributed by atoms with Gasteiger partial charge in [-0.3, -0.25) is 4.79 Å². The average molecular weight is 451 g/mol. The Morgan fingerprint density at radius 3 is 2.59 bits per heavy atom. The fourth-order valence-corrected chi connectivity index (χ4v) is 5.10. The minimum atomic E-state index is -0.207. The molecule has 2 heterocycles. The lowest BCUT2D eigenvalue weighted by molar-refractivity contribution is -0.131. The molecular weight excluding hydrogens is 420 g/mol. The molecule has 4 rings (SSSR count). The first-order chi connectivity index (χ1) is 15.5. The molecule has 1 aromatic heterocycles. The normalized spacial score (nSPS) is 15.5. The molecule has 6 nitrogen and oxygen atoms in total. The Kier molecular flexibility index (Phi) is 7.15. The summed E-state index contributed by atoms with van der Waals surface area (Å²) < 4.78 is 7.25. The fourth-order valence-electron chi connectivity index (χ4n) is 4.20. The van der Waals surface area contributed by atoms with Crippen molar-refractivity contribution in [1.82, 2.24) is 19.7 Å². The predicted octanol–water partition coefficient (Wildman–Crippen LogP) is 4.45. The minimum absolute atomic E-state index is 0.180. The second-order valence-corrected chi connectivity index (χ2v) is 9.62. The van der Waals surface area contributed by atoms with Crippen LogP contribution in [0.1, 0.15) is 25.3 Å². The quantitative estimate of drug-likeness (QED) is 0.498. The molecule has 168 valence electrons. The molecule has 0 spiro atoms. The summed E-state index contributed by atoms with van der Waals surface area (Å²) in [5, 5.41) is 9.22. The summed E-state index contributed by atoms with van der Waals surface area (Å²) in [5.41, 5.74) is 2.32. The van der Waals surface area contributed by atoms with Gasteiger partial charge in [0, 0.05) is 25.7 Å². The highest BCUT2D eigenvalue weighted by Crippen LogP contribution is 2.29. The van der Waals surface area contributed by atoms with Crippen LogP contribution < -0.4 is 4.74 Å². The summed E-state index contributed by atoms with van der Waals surface area (Å²) in [6, 6.07) is 18.4. The maximum atomic E-state index is 13.1. The van der Waals surface area contributed by atoms with Gasteiger partial charge in [-0.15, -0.1) is 10.2 Å². The van der Waals surface area contributed by atoms with Crippen LogP contribution >= 0.6 is 11.8 Å². The van der Waals surface area contributed by atoms with E-state index in [1.54, 1.807) is 7.11 Å². The number of carbonyl (C=O) groups excluding carboxylic acids is 1. The lowest BCUT2D eigenvalue weighted by Crippen LogP contribution is -2.42. The van der Waals surface area contributed by atoms with E-state index in [0.29, 0.717) is 5.92 Å². The Bertz CT molecular complexity index is 1050. The Morgan fingerprint density at radius 2 is 1.88 bits per heavy atom. The maximum Gasteiger partial charge on any atom is 0.235 e. The number of carbonyl (C=O) groups is 1. The molecule has 0 bridgehead atoms. The SMILES string of the molecule is COc1cccc(-c2nnc(SC(C)C(=O)N3CCC(Cc4ccccc4)CC3)n2C)c1. The number of aromatic nitrogens is 3. The van der Waals surface area contributed by atoms with Crippen molar-refractivity contribution < 1.29 is 9.53 Å². The largest absolute Gasteiger partial charge is 0.497 e. The molecule has 2 aromatic carbocycles. The monoisotopic (exact) mass is 450 g/mol. The van der Waals surface area contributed by atoms with Gasteiger partial charge in [-0.05, 0) is 49.8 Å². The maximum absolute atomic E-state index is 13.1. The van der Waals surface area contributed by atoms with Gasteiger partial charge in [-0.25, -0.2) is 0 Å². The second-order valence-electron chi connectivity index (χ2n) is 8.32. The first-order valence-corrected chi connectivity index (χ1v) is 12.0. The van der Waals surface area contributed by atoms with E-state index >= 15 is 0 Å². The Labute approximate surface area is 194 Å². The highest BCUT2D eigenvalue weighted by Gasteiger charge is 2.28. The van der Waals surface area contributed by atoms with E-state index in [4.69, 9.17) is 4.74 Å². The standard InChI is InChI=1S/C25H30N4O2S/c1-18(24(30)29-14-12-20(13-15-29)16-19-8-5-4-6-9-19)32-25-27-26-23(28(25)2)21-10-7-11-22(17-21)31-3/h4-11,17-18,20H,12-16H2,1-3H3. The number of benzene rings is 2. The predicted molar refractivity (Wildman–Crippen MR) is 128 cm³/mol. The third kappa shape index (κ3) is 5.15. The van der Waals surface area contributed by atoms with Crippen LogP contribution in [0.2, 0.25) is 0 Å². The fraction of sp³-hybridized carbons (Fsp3) is 0.400. The molecule has 1 saturated heterocycles. The van der Waals surface area contributed by atoms with E-state index in [2.05, 4.69) is 40.5 Å². The van der Waals surface area contributed by atoms with Crippen LogP contribution in [0.25, 0.3) is 11.4 Å².